The van der Waals surface area contributed by atoms with E-state index in [-0.39, 0.29) is 6.04 Å². The molecule has 1 atom stereocenters. The lowest BCUT2D eigenvalue weighted by molar-refractivity contribution is 0.668. The second-order valence-electron chi connectivity index (χ2n) is 6.06. The molecule has 0 aliphatic rings. The Hall–Kier alpha value is -2.12. The molecular formula is C20H19N. The van der Waals surface area contributed by atoms with Crippen LogP contribution >= 0.6 is 0 Å². The monoisotopic (exact) mass is 273 g/mol. The van der Waals surface area contributed by atoms with Gasteiger partial charge in [0, 0.05) is 6.04 Å². The van der Waals surface area contributed by atoms with Crippen LogP contribution in [0.2, 0.25) is 0 Å². The molecule has 1 unspecified atom stereocenters. The predicted octanol–water partition coefficient (Wildman–Crippen LogP) is 4.86. The van der Waals surface area contributed by atoms with Crippen LogP contribution in [0, 0.1) is 0 Å². The molecule has 0 amide bonds. The molecule has 1 heteroatoms. The molecule has 0 spiro atoms. The first-order chi connectivity index (χ1) is 10.3. The average Bonchev–Trinajstić information content (AvgIpc) is 2.53. The van der Waals surface area contributed by atoms with Crippen molar-refractivity contribution in [1.82, 2.24) is 0 Å². The Bertz CT molecular complexity index is 921. The molecule has 0 saturated carbocycles. The third kappa shape index (κ3) is 1.89. The van der Waals surface area contributed by atoms with Crippen LogP contribution in [0.3, 0.4) is 0 Å². The molecule has 5 aromatic carbocycles. The van der Waals surface area contributed by atoms with Crippen LogP contribution in [0.5, 0.6) is 0 Å². The molecule has 2 bridgehead atoms. The molecule has 0 fully saturated rings. The molecule has 104 valence electrons. The topological polar surface area (TPSA) is 26.0 Å². The van der Waals surface area contributed by atoms with E-state index in [0.29, 0.717) is 0 Å². The van der Waals surface area contributed by atoms with Crippen molar-refractivity contribution in [2.24, 2.45) is 5.73 Å². The Morgan fingerprint density at radius 2 is 1.33 bits per heavy atom. The molecule has 0 radical (unpaired) electrons. The maximum atomic E-state index is 5.94. The molecule has 0 aromatic heterocycles. The molecule has 0 saturated heterocycles. The van der Waals surface area contributed by atoms with Gasteiger partial charge in [0.05, 0.1) is 0 Å². The van der Waals surface area contributed by atoms with Gasteiger partial charge >= 0.3 is 0 Å². The number of aryl methyl sites for hydroxylation is 1. The van der Waals surface area contributed by atoms with E-state index in [1.165, 1.54) is 37.9 Å². The van der Waals surface area contributed by atoms with Crippen molar-refractivity contribution in [3.05, 3.63) is 60.2 Å². The SMILES string of the molecule is CC(N)CCc1cccc2c3ccc(c4ccccc34)c12. The lowest BCUT2D eigenvalue weighted by Crippen LogP contribution is -2.15. The summed E-state index contributed by atoms with van der Waals surface area (Å²) in [6.07, 6.45) is 2.08. The smallest absolute Gasteiger partial charge is 0.00136 e. The fourth-order valence-electron chi connectivity index (χ4n) is 3.49. The van der Waals surface area contributed by atoms with Crippen LogP contribution in [0.4, 0.5) is 0 Å². The minimum absolute atomic E-state index is 0.252. The van der Waals surface area contributed by atoms with Crippen molar-refractivity contribution >= 4 is 32.3 Å². The number of fused-ring (bicyclic) bond motifs is 1. The quantitative estimate of drug-likeness (QED) is 0.530. The summed E-state index contributed by atoms with van der Waals surface area (Å²) in [6, 6.07) is 20.2. The first-order valence-electron chi connectivity index (χ1n) is 7.65. The van der Waals surface area contributed by atoms with Gasteiger partial charge in [0.15, 0.2) is 0 Å². The highest BCUT2D eigenvalue weighted by atomic mass is 14.6. The summed E-state index contributed by atoms with van der Waals surface area (Å²) in [5.41, 5.74) is 7.37. The Balaban J connectivity index is 2.07. The molecule has 0 aliphatic heterocycles. The molecule has 5 aromatic rings. The standard InChI is InChI=1S/C20H19N/c1-13(21)9-10-14-5-4-8-18-17-11-12-19(20(14)18)16-7-3-2-6-15(16)17/h2-8,11-13H,9-10,21H2,1H3. The first-order valence-corrected chi connectivity index (χ1v) is 7.65. The van der Waals surface area contributed by atoms with E-state index in [0.717, 1.165) is 12.8 Å². The van der Waals surface area contributed by atoms with E-state index in [9.17, 15) is 0 Å². The molecule has 5 rings (SSSR count). The fraction of sp³-hybridized carbons (Fsp3) is 0.200. The zero-order chi connectivity index (χ0) is 14.4. The van der Waals surface area contributed by atoms with E-state index in [1.807, 2.05) is 0 Å². The third-order valence-corrected chi connectivity index (χ3v) is 4.50. The van der Waals surface area contributed by atoms with Gasteiger partial charge < -0.3 is 5.73 Å². The summed E-state index contributed by atoms with van der Waals surface area (Å²) in [5, 5.41) is 8.28. The number of hydrogen-bond acceptors (Lipinski definition) is 1. The Morgan fingerprint density at radius 3 is 2.10 bits per heavy atom. The lowest BCUT2D eigenvalue weighted by atomic mass is 9.88. The van der Waals surface area contributed by atoms with E-state index in [1.54, 1.807) is 0 Å². The Labute approximate surface area is 124 Å². The highest BCUT2D eigenvalue weighted by molar-refractivity contribution is 6.27. The Kier molecular flexibility index (Phi) is 2.83. The zero-order valence-electron chi connectivity index (χ0n) is 12.3. The predicted molar refractivity (Wildman–Crippen MR) is 92.1 cm³/mol. The number of benzene rings is 5. The van der Waals surface area contributed by atoms with Crippen molar-refractivity contribution in [3.63, 3.8) is 0 Å². The number of nitrogens with two attached hydrogens (primary N) is 1. The van der Waals surface area contributed by atoms with Crippen LogP contribution in [-0.4, -0.2) is 6.04 Å². The van der Waals surface area contributed by atoms with Crippen molar-refractivity contribution in [3.8, 4) is 0 Å². The van der Waals surface area contributed by atoms with Crippen molar-refractivity contribution in [2.75, 3.05) is 0 Å². The van der Waals surface area contributed by atoms with Crippen LogP contribution in [0.25, 0.3) is 32.3 Å². The van der Waals surface area contributed by atoms with Crippen LogP contribution in [0.1, 0.15) is 18.9 Å². The molecule has 2 N–H and O–H groups in total. The normalized spacial score (nSPS) is 13.4. The summed E-state index contributed by atoms with van der Waals surface area (Å²) >= 11 is 0. The summed E-state index contributed by atoms with van der Waals surface area (Å²) < 4.78 is 0. The molecule has 21 heavy (non-hydrogen) atoms. The summed E-state index contributed by atoms with van der Waals surface area (Å²) in [5.74, 6) is 0. The van der Waals surface area contributed by atoms with Gasteiger partial charge in [-0.05, 0) is 57.6 Å². The van der Waals surface area contributed by atoms with Gasteiger partial charge in [0.25, 0.3) is 0 Å². The summed E-state index contributed by atoms with van der Waals surface area (Å²) in [7, 11) is 0. The second-order valence-corrected chi connectivity index (χ2v) is 6.06. The van der Waals surface area contributed by atoms with Gasteiger partial charge in [0.1, 0.15) is 0 Å². The number of rotatable bonds is 3. The lowest BCUT2D eigenvalue weighted by Gasteiger charge is -2.16. The van der Waals surface area contributed by atoms with Gasteiger partial charge in [-0.3, -0.25) is 0 Å². The number of hydrogen-bond donors (Lipinski definition) is 1. The fourth-order valence-corrected chi connectivity index (χ4v) is 3.49. The highest BCUT2D eigenvalue weighted by Crippen LogP contribution is 2.38. The summed E-state index contributed by atoms with van der Waals surface area (Å²) in [4.78, 5) is 0. The van der Waals surface area contributed by atoms with E-state index in [2.05, 4.69) is 61.5 Å². The van der Waals surface area contributed by atoms with Crippen LogP contribution in [0.15, 0.2) is 54.6 Å². The van der Waals surface area contributed by atoms with Gasteiger partial charge in [-0.15, -0.1) is 0 Å². The maximum Gasteiger partial charge on any atom is 0.00136 e. The molecule has 1 nitrogen and oxygen atoms in total. The minimum atomic E-state index is 0.252. The van der Waals surface area contributed by atoms with Crippen molar-refractivity contribution in [2.45, 2.75) is 25.8 Å². The molecular weight excluding hydrogens is 254 g/mol. The van der Waals surface area contributed by atoms with E-state index in [4.69, 9.17) is 5.73 Å². The van der Waals surface area contributed by atoms with Gasteiger partial charge in [-0.1, -0.05) is 54.6 Å². The van der Waals surface area contributed by atoms with Crippen LogP contribution < -0.4 is 5.73 Å². The van der Waals surface area contributed by atoms with Gasteiger partial charge in [-0.2, -0.15) is 0 Å². The van der Waals surface area contributed by atoms with E-state index < -0.39 is 0 Å². The first kappa shape index (κ1) is 12.6. The maximum absolute atomic E-state index is 5.94. The van der Waals surface area contributed by atoms with E-state index >= 15 is 0 Å². The largest absolute Gasteiger partial charge is 0.328 e. The molecule has 0 aliphatic carbocycles. The van der Waals surface area contributed by atoms with Gasteiger partial charge in [0.2, 0.25) is 0 Å². The van der Waals surface area contributed by atoms with Crippen molar-refractivity contribution < 1.29 is 0 Å². The zero-order valence-corrected chi connectivity index (χ0v) is 12.3. The summed E-state index contributed by atoms with van der Waals surface area (Å²) in [6.45, 7) is 2.08. The third-order valence-electron chi connectivity index (χ3n) is 4.50. The highest BCUT2D eigenvalue weighted by Gasteiger charge is 2.12. The average molecular weight is 273 g/mol. The second kappa shape index (κ2) is 4.71. The Morgan fingerprint density at radius 1 is 0.762 bits per heavy atom. The van der Waals surface area contributed by atoms with Crippen molar-refractivity contribution in [1.29, 1.82) is 0 Å². The van der Waals surface area contributed by atoms with Gasteiger partial charge in [-0.25, -0.2) is 0 Å². The molecule has 0 heterocycles. The minimum Gasteiger partial charge on any atom is -0.328 e. The van der Waals surface area contributed by atoms with Crippen LogP contribution in [-0.2, 0) is 6.42 Å².